The second-order valence-corrected chi connectivity index (χ2v) is 7.77. The molecule has 1 atom stereocenters. The van der Waals surface area contributed by atoms with E-state index < -0.39 is 6.10 Å². The fourth-order valence-corrected chi connectivity index (χ4v) is 3.77. The van der Waals surface area contributed by atoms with Crippen LogP contribution in [-0.2, 0) is 0 Å². The molecule has 174 valence electrons. The number of guanidine groups is 1. The van der Waals surface area contributed by atoms with Crippen LogP contribution in [0.4, 0.5) is 10.1 Å². The monoisotopic (exact) mass is 444 g/mol. The second-order valence-electron chi connectivity index (χ2n) is 7.77. The summed E-state index contributed by atoms with van der Waals surface area (Å²) < 4.78 is 24.1. The van der Waals surface area contributed by atoms with E-state index in [9.17, 15) is 9.50 Å². The maximum atomic E-state index is 13.5. The number of hydrogen-bond acceptors (Lipinski definition) is 5. The van der Waals surface area contributed by atoms with Crippen molar-refractivity contribution in [2.45, 2.75) is 31.9 Å². The summed E-state index contributed by atoms with van der Waals surface area (Å²) in [6.07, 6.45) is 1.04. The van der Waals surface area contributed by atoms with Crippen LogP contribution in [0.2, 0.25) is 0 Å². The topological polar surface area (TPSA) is 78.4 Å². The number of methoxy groups -OCH3 is 2. The number of anilines is 1. The van der Waals surface area contributed by atoms with Gasteiger partial charge in [0, 0.05) is 37.4 Å². The first-order valence-electron chi connectivity index (χ1n) is 11.0. The molecule has 1 heterocycles. The van der Waals surface area contributed by atoms with Crippen molar-refractivity contribution in [1.29, 1.82) is 0 Å². The fourth-order valence-electron chi connectivity index (χ4n) is 3.77. The van der Waals surface area contributed by atoms with Crippen LogP contribution in [0.15, 0.2) is 47.5 Å². The molecule has 2 aromatic rings. The van der Waals surface area contributed by atoms with Gasteiger partial charge in [-0.25, -0.2) is 4.39 Å². The number of hydrogen-bond donors (Lipinski definition) is 3. The molecule has 2 aromatic carbocycles. The van der Waals surface area contributed by atoms with E-state index in [2.05, 4.69) is 20.5 Å². The Morgan fingerprint density at radius 3 is 2.44 bits per heavy atom. The molecule has 8 heteroatoms. The van der Waals surface area contributed by atoms with Crippen molar-refractivity contribution in [3.8, 4) is 11.5 Å². The standard InChI is InChI=1S/C24H33FN4O3/c1-4-26-24(27-16-23(30)17-12-21(31-2)15-22(13-17)32-3)28-19-8-10-29(11-9-19)20-7-5-6-18(25)14-20/h5-7,12-15,19,23,30H,4,8-11,16H2,1-3H3,(H2,26,27,28). The Bertz CT molecular complexity index is 878. The summed E-state index contributed by atoms with van der Waals surface area (Å²) in [5, 5.41) is 17.4. The molecular formula is C24H33FN4O3. The number of rotatable bonds is 8. The maximum absolute atomic E-state index is 13.5. The van der Waals surface area contributed by atoms with Crippen molar-refractivity contribution in [3.05, 3.63) is 53.8 Å². The van der Waals surface area contributed by atoms with E-state index in [0.717, 1.165) is 38.2 Å². The minimum Gasteiger partial charge on any atom is -0.497 e. The van der Waals surface area contributed by atoms with Crippen LogP contribution in [-0.4, -0.2) is 57.5 Å². The first-order chi connectivity index (χ1) is 15.5. The summed E-state index contributed by atoms with van der Waals surface area (Å²) in [5.74, 6) is 1.71. The van der Waals surface area contributed by atoms with Crippen molar-refractivity contribution in [3.63, 3.8) is 0 Å². The molecule has 0 bridgehead atoms. The van der Waals surface area contributed by atoms with Crippen LogP contribution in [0, 0.1) is 5.82 Å². The Morgan fingerprint density at radius 1 is 1.16 bits per heavy atom. The largest absolute Gasteiger partial charge is 0.497 e. The molecule has 7 nitrogen and oxygen atoms in total. The van der Waals surface area contributed by atoms with Crippen molar-refractivity contribution in [2.24, 2.45) is 4.99 Å². The number of benzene rings is 2. The number of nitrogens with one attached hydrogen (secondary N) is 2. The van der Waals surface area contributed by atoms with Crippen molar-refractivity contribution in [2.75, 3.05) is 45.3 Å². The second kappa shape index (κ2) is 11.6. The summed E-state index contributed by atoms with van der Waals surface area (Å²) in [6, 6.07) is 12.3. The number of aliphatic hydroxyl groups is 1. The van der Waals surface area contributed by atoms with E-state index in [1.165, 1.54) is 6.07 Å². The van der Waals surface area contributed by atoms with E-state index in [-0.39, 0.29) is 18.4 Å². The van der Waals surface area contributed by atoms with E-state index in [1.807, 2.05) is 13.0 Å². The minimum absolute atomic E-state index is 0.202. The molecule has 1 aliphatic rings. The van der Waals surface area contributed by atoms with Crippen LogP contribution in [0.3, 0.4) is 0 Å². The Hall–Kier alpha value is -3.00. The normalized spacial score (nSPS) is 15.9. The molecule has 32 heavy (non-hydrogen) atoms. The van der Waals surface area contributed by atoms with Gasteiger partial charge >= 0.3 is 0 Å². The molecule has 0 radical (unpaired) electrons. The highest BCUT2D eigenvalue weighted by molar-refractivity contribution is 5.80. The molecule has 1 aliphatic heterocycles. The van der Waals surface area contributed by atoms with Gasteiger partial charge in [-0.1, -0.05) is 6.07 Å². The van der Waals surface area contributed by atoms with E-state index in [0.29, 0.717) is 23.0 Å². The minimum atomic E-state index is -0.788. The molecule has 1 unspecified atom stereocenters. The van der Waals surface area contributed by atoms with Gasteiger partial charge in [0.15, 0.2) is 5.96 Å². The average molecular weight is 445 g/mol. The third-order valence-electron chi connectivity index (χ3n) is 5.53. The van der Waals surface area contributed by atoms with Gasteiger partial charge in [-0.05, 0) is 55.7 Å². The number of aliphatic hydroxyl groups excluding tert-OH is 1. The molecular weight excluding hydrogens is 411 g/mol. The van der Waals surface area contributed by atoms with Gasteiger partial charge in [-0.2, -0.15) is 0 Å². The van der Waals surface area contributed by atoms with Crippen LogP contribution < -0.4 is 25.0 Å². The van der Waals surface area contributed by atoms with Gasteiger partial charge < -0.3 is 30.1 Å². The molecule has 1 fully saturated rings. The van der Waals surface area contributed by atoms with Crippen molar-refractivity contribution < 1.29 is 19.0 Å². The van der Waals surface area contributed by atoms with Gasteiger partial charge in [0.2, 0.25) is 0 Å². The van der Waals surface area contributed by atoms with Gasteiger partial charge in [0.25, 0.3) is 0 Å². The van der Waals surface area contributed by atoms with Gasteiger partial charge in [-0.3, -0.25) is 4.99 Å². The Kier molecular flexibility index (Phi) is 8.56. The molecule has 0 amide bonds. The third-order valence-corrected chi connectivity index (χ3v) is 5.53. The number of aliphatic imine (C=N–C) groups is 1. The lowest BCUT2D eigenvalue weighted by Crippen LogP contribution is -2.48. The number of ether oxygens (including phenoxy) is 2. The quantitative estimate of drug-likeness (QED) is 0.429. The van der Waals surface area contributed by atoms with Crippen LogP contribution >= 0.6 is 0 Å². The lowest BCUT2D eigenvalue weighted by atomic mass is 10.0. The molecule has 0 saturated carbocycles. The zero-order chi connectivity index (χ0) is 22.9. The zero-order valence-electron chi connectivity index (χ0n) is 19.0. The van der Waals surface area contributed by atoms with E-state index in [4.69, 9.17) is 9.47 Å². The summed E-state index contributed by atoms with van der Waals surface area (Å²) in [7, 11) is 3.16. The van der Waals surface area contributed by atoms with Crippen LogP contribution in [0.5, 0.6) is 11.5 Å². The molecule has 3 N–H and O–H groups in total. The Morgan fingerprint density at radius 2 is 1.84 bits per heavy atom. The SMILES string of the molecule is CCNC(=NCC(O)c1cc(OC)cc(OC)c1)NC1CCN(c2cccc(F)c2)CC1. The highest BCUT2D eigenvalue weighted by atomic mass is 19.1. The van der Waals surface area contributed by atoms with E-state index >= 15 is 0 Å². The lowest BCUT2D eigenvalue weighted by molar-refractivity contribution is 0.186. The molecule has 0 spiro atoms. The first kappa shape index (κ1) is 23.7. The smallest absolute Gasteiger partial charge is 0.191 e. The predicted octanol–water partition coefficient (Wildman–Crippen LogP) is 3.10. The van der Waals surface area contributed by atoms with E-state index in [1.54, 1.807) is 44.6 Å². The van der Waals surface area contributed by atoms with Gasteiger partial charge in [0.05, 0.1) is 26.9 Å². The maximum Gasteiger partial charge on any atom is 0.191 e. The van der Waals surface area contributed by atoms with Crippen molar-refractivity contribution in [1.82, 2.24) is 10.6 Å². The number of nitrogens with zero attached hydrogens (tertiary/aromatic N) is 2. The predicted molar refractivity (Wildman–Crippen MR) is 125 cm³/mol. The Labute approximate surface area is 189 Å². The molecule has 1 saturated heterocycles. The summed E-state index contributed by atoms with van der Waals surface area (Å²) in [4.78, 5) is 6.78. The van der Waals surface area contributed by atoms with Gasteiger partial charge in [-0.15, -0.1) is 0 Å². The van der Waals surface area contributed by atoms with Crippen LogP contribution in [0.25, 0.3) is 0 Å². The summed E-state index contributed by atoms with van der Waals surface area (Å²) >= 11 is 0. The highest BCUT2D eigenvalue weighted by Gasteiger charge is 2.21. The summed E-state index contributed by atoms with van der Waals surface area (Å²) in [6.45, 7) is 4.61. The Balaban J connectivity index is 1.58. The average Bonchev–Trinajstić information content (AvgIpc) is 2.82. The molecule has 0 aromatic heterocycles. The molecule has 3 rings (SSSR count). The fraction of sp³-hybridized carbons (Fsp3) is 0.458. The zero-order valence-corrected chi connectivity index (χ0v) is 19.0. The molecule has 0 aliphatic carbocycles. The summed E-state index contributed by atoms with van der Waals surface area (Å²) in [5.41, 5.74) is 1.60. The number of halogens is 1. The number of piperidine rings is 1. The van der Waals surface area contributed by atoms with Gasteiger partial charge in [0.1, 0.15) is 17.3 Å². The lowest BCUT2D eigenvalue weighted by Gasteiger charge is -2.34. The first-order valence-corrected chi connectivity index (χ1v) is 11.0. The van der Waals surface area contributed by atoms with Crippen molar-refractivity contribution >= 4 is 11.6 Å². The van der Waals surface area contributed by atoms with Crippen LogP contribution in [0.1, 0.15) is 31.4 Å². The third kappa shape index (κ3) is 6.50. The highest BCUT2D eigenvalue weighted by Crippen LogP contribution is 2.26.